The molecule has 2 rings (SSSR count). The minimum atomic E-state index is -3.31. The van der Waals surface area contributed by atoms with Crippen molar-refractivity contribution in [2.45, 2.75) is 40.2 Å². The third-order valence-corrected chi connectivity index (χ3v) is 4.49. The van der Waals surface area contributed by atoms with Crippen LogP contribution in [0.4, 0.5) is 19.0 Å². The first kappa shape index (κ1) is 24.8. The predicted molar refractivity (Wildman–Crippen MR) is 113 cm³/mol. The number of pyridine rings is 2. The number of nitrogens with zero attached hydrogens (tertiary/aromatic N) is 2. The Balaban J connectivity index is 2.05. The van der Waals surface area contributed by atoms with Gasteiger partial charge in [0.15, 0.2) is 12.4 Å². The van der Waals surface area contributed by atoms with E-state index in [-0.39, 0.29) is 29.8 Å². The molecule has 2 aromatic rings. The molecule has 0 aromatic carbocycles. The molecule has 2 N–H and O–H groups in total. The highest BCUT2D eigenvalue weighted by atomic mass is 19.3. The van der Waals surface area contributed by atoms with Gasteiger partial charge in [0.05, 0.1) is 0 Å². The van der Waals surface area contributed by atoms with Gasteiger partial charge >= 0.3 is 5.92 Å². The first-order valence-corrected chi connectivity index (χ1v) is 9.78. The van der Waals surface area contributed by atoms with Crippen molar-refractivity contribution in [2.24, 2.45) is 5.92 Å². The van der Waals surface area contributed by atoms with Gasteiger partial charge in [0.1, 0.15) is 5.82 Å². The molecule has 32 heavy (non-hydrogen) atoms. The Morgan fingerprint density at radius 3 is 2.59 bits per heavy atom. The van der Waals surface area contributed by atoms with Crippen LogP contribution in [0.3, 0.4) is 0 Å². The number of carbonyl (C=O) groups is 2. The molecular weight excluding hydrogens is 425 g/mol. The Bertz CT molecular complexity index is 1030. The summed E-state index contributed by atoms with van der Waals surface area (Å²) in [4.78, 5) is 32.1. The van der Waals surface area contributed by atoms with Crippen molar-refractivity contribution in [3.05, 3.63) is 59.2 Å². The third-order valence-electron chi connectivity index (χ3n) is 4.49. The van der Waals surface area contributed by atoms with Gasteiger partial charge in [0, 0.05) is 29.9 Å². The van der Waals surface area contributed by atoms with E-state index in [2.05, 4.69) is 27.2 Å². The number of ether oxygens (including phenoxy) is 1. The standard InChI is InChI=1S/C22H25F3N4O3/c1-12(2)19(30)29-18-9-15(6-7-26-18)20(31)27-10-16-8-17(23)21(28-14(16)5)32-11-22(24,25)13(3)4/h6-9,12H,3,10-11H2,1-2,4-5H3,(H,27,31)(H,26,29,30). The van der Waals surface area contributed by atoms with E-state index < -0.39 is 35.7 Å². The summed E-state index contributed by atoms with van der Waals surface area (Å²) in [7, 11) is 0. The van der Waals surface area contributed by atoms with Crippen molar-refractivity contribution in [3.63, 3.8) is 0 Å². The van der Waals surface area contributed by atoms with Crippen molar-refractivity contribution in [2.75, 3.05) is 11.9 Å². The SMILES string of the molecule is C=C(C)C(F)(F)COc1nc(C)c(CNC(=O)c2ccnc(NC(=O)C(C)C)c2)cc1F. The Hall–Kier alpha value is -3.43. The second-order valence-corrected chi connectivity index (χ2v) is 7.55. The summed E-state index contributed by atoms with van der Waals surface area (Å²) < 4.78 is 46.3. The van der Waals surface area contributed by atoms with Crippen LogP contribution in [0, 0.1) is 18.7 Å². The molecule has 0 spiro atoms. The Morgan fingerprint density at radius 2 is 1.97 bits per heavy atom. The Kier molecular flexibility index (Phi) is 7.96. The molecule has 0 atom stereocenters. The van der Waals surface area contributed by atoms with Crippen LogP contribution in [0.2, 0.25) is 0 Å². The first-order valence-electron chi connectivity index (χ1n) is 9.78. The lowest BCUT2D eigenvalue weighted by molar-refractivity contribution is -0.118. The van der Waals surface area contributed by atoms with E-state index in [1.165, 1.54) is 25.3 Å². The van der Waals surface area contributed by atoms with Crippen LogP contribution in [0.25, 0.3) is 0 Å². The highest BCUT2D eigenvalue weighted by molar-refractivity contribution is 5.96. The molecule has 0 saturated carbocycles. The maximum absolute atomic E-state index is 14.3. The van der Waals surface area contributed by atoms with Gasteiger partial charge in [-0.05, 0) is 43.2 Å². The van der Waals surface area contributed by atoms with Crippen molar-refractivity contribution in [1.29, 1.82) is 0 Å². The number of rotatable bonds is 9. The second-order valence-electron chi connectivity index (χ2n) is 7.55. The molecule has 0 unspecified atom stereocenters. The molecule has 0 aliphatic heterocycles. The van der Waals surface area contributed by atoms with Crippen LogP contribution in [0.5, 0.6) is 5.88 Å². The van der Waals surface area contributed by atoms with E-state index in [9.17, 15) is 22.8 Å². The van der Waals surface area contributed by atoms with Gasteiger partial charge in [-0.3, -0.25) is 9.59 Å². The summed E-state index contributed by atoms with van der Waals surface area (Å²) in [5.41, 5.74) is 0.487. The lowest BCUT2D eigenvalue weighted by atomic mass is 10.1. The van der Waals surface area contributed by atoms with Crippen LogP contribution in [0.1, 0.15) is 42.4 Å². The monoisotopic (exact) mass is 450 g/mol. The second kappa shape index (κ2) is 10.3. The molecule has 0 aliphatic carbocycles. The maximum Gasteiger partial charge on any atom is 0.302 e. The number of alkyl halides is 2. The number of aryl methyl sites for hydroxylation is 1. The van der Waals surface area contributed by atoms with Gasteiger partial charge < -0.3 is 15.4 Å². The zero-order chi connectivity index (χ0) is 24.1. The number of aromatic nitrogens is 2. The van der Waals surface area contributed by atoms with Crippen LogP contribution in [-0.2, 0) is 11.3 Å². The van der Waals surface area contributed by atoms with Crippen molar-refractivity contribution in [1.82, 2.24) is 15.3 Å². The van der Waals surface area contributed by atoms with Gasteiger partial charge in [-0.25, -0.2) is 14.4 Å². The third kappa shape index (κ3) is 6.53. The molecule has 172 valence electrons. The van der Waals surface area contributed by atoms with Gasteiger partial charge in [-0.15, -0.1) is 0 Å². The average molecular weight is 450 g/mol. The maximum atomic E-state index is 14.3. The predicted octanol–water partition coefficient (Wildman–Crippen LogP) is 4.04. The number of hydrogen-bond acceptors (Lipinski definition) is 5. The van der Waals surface area contributed by atoms with Crippen molar-refractivity contribution in [3.8, 4) is 5.88 Å². The quantitative estimate of drug-likeness (QED) is 0.563. The molecular formula is C22H25F3N4O3. The highest BCUT2D eigenvalue weighted by Gasteiger charge is 2.31. The van der Waals surface area contributed by atoms with Crippen LogP contribution >= 0.6 is 0 Å². The molecule has 0 bridgehead atoms. The normalized spacial score (nSPS) is 11.2. The van der Waals surface area contributed by atoms with E-state index >= 15 is 0 Å². The molecule has 0 saturated heterocycles. The van der Waals surface area contributed by atoms with Crippen molar-refractivity contribution < 1.29 is 27.5 Å². The van der Waals surface area contributed by atoms with E-state index in [4.69, 9.17) is 4.74 Å². The van der Waals surface area contributed by atoms with Gasteiger partial charge in [0.25, 0.3) is 11.8 Å². The largest absolute Gasteiger partial charge is 0.469 e. The van der Waals surface area contributed by atoms with E-state index in [0.29, 0.717) is 11.3 Å². The molecule has 0 fully saturated rings. The van der Waals surface area contributed by atoms with Crippen LogP contribution in [-0.4, -0.2) is 34.3 Å². The number of carbonyl (C=O) groups excluding carboxylic acids is 2. The number of nitrogens with one attached hydrogen (secondary N) is 2. The summed E-state index contributed by atoms with van der Waals surface area (Å²) >= 11 is 0. The summed E-state index contributed by atoms with van der Waals surface area (Å²) in [6, 6.07) is 3.95. The van der Waals surface area contributed by atoms with Gasteiger partial charge in [-0.1, -0.05) is 20.4 Å². The fourth-order valence-electron chi connectivity index (χ4n) is 2.35. The molecule has 7 nitrogen and oxygen atoms in total. The zero-order valence-electron chi connectivity index (χ0n) is 18.3. The summed E-state index contributed by atoms with van der Waals surface area (Å²) in [6.07, 6.45) is 1.38. The lowest BCUT2D eigenvalue weighted by Crippen LogP contribution is -2.27. The fourth-order valence-corrected chi connectivity index (χ4v) is 2.35. The summed E-state index contributed by atoms with van der Waals surface area (Å²) in [6.45, 7) is 8.17. The number of amides is 2. The van der Waals surface area contributed by atoms with Crippen LogP contribution < -0.4 is 15.4 Å². The van der Waals surface area contributed by atoms with E-state index in [1.54, 1.807) is 13.8 Å². The summed E-state index contributed by atoms with van der Waals surface area (Å²) in [5, 5.41) is 5.22. The molecule has 10 heteroatoms. The Morgan fingerprint density at radius 1 is 1.28 bits per heavy atom. The number of anilines is 1. The molecule has 2 amide bonds. The minimum Gasteiger partial charge on any atom is -0.469 e. The summed E-state index contributed by atoms with van der Waals surface area (Å²) in [5.74, 6) is -5.54. The average Bonchev–Trinajstić information content (AvgIpc) is 2.72. The van der Waals surface area contributed by atoms with Gasteiger partial charge in [0.2, 0.25) is 5.91 Å². The minimum absolute atomic E-state index is 0.0627. The van der Waals surface area contributed by atoms with E-state index in [0.717, 1.165) is 13.0 Å². The molecule has 2 aromatic heterocycles. The molecule has 0 radical (unpaired) electrons. The molecule has 0 aliphatic rings. The topological polar surface area (TPSA) is 93.2 Å². The lowest BCUT2D eigenvalue weighted by Gasteiger charge is -2.17. The highest BCUT2D eigenvalue weighted by Crippen LogP contribution is 2.25. The van der Waals surface area contributed by atoms with Gasteiger partial charge in [-0.2, -0.15) is 8.78 Å². The van der Waals surface area contributed by atoms with Crippen molar-refractivity contribution >= 4 is 17.6 Å². The smallest absolute Gasteiger partial charge is 0.302 e. The van der Waals surface area contributed by atoms with E-state index in [1.807, 2.05) is 0 Å². The molecule has 2 heterocycles. The first-order chi connectivity index (χ1) is 14.9. The van der Waals surface area contributed by atoms with Crippen LogP contribution in [0.15, 0.2) is 36.5 Å². The fraction of sp³-hybridized carbons (Fsp3) is 0.364. The Labute approximate surface area is 184 Å². The number of halogens is 3. The number of hydrogen-bond donors (Lipinski definition) is 2. The zero-order valence-corrected chi connectivity index (χ0v) is 18.3.